The van der Waals surface area contributed by atoms with Crippen molar-refractivity contribution < 1.29 is 14.7 Å². The molecule has 4 rings (SSSR count). The molecule has 1 aliphatic carbocycles. The molecule has 4 N–H and O–H groups in total. The Labute approximate surface area is 185 Å². The van der Waals surface area contributed by atoms with Crippen LogP contribution in [0.25, 0.3) is 11.1 Å². The third-order valence-corrected chi connectivity index (χ3v) is 6.03. The van der Waals surface area contributed by atoms with Crippen LogP contribution >= 0.6 is 11.6 Å². The smallest absolute Gasteiger partial charge is 0.330 e. The van der Waals surface area contributed by atoms with Gasteiger partial charge in [0.2, 0.25) is 5.91 Å². The van der Waals surface area contributed by atoms with Gasteiger partial charge < -0.3 is 16.2 Å². The molecule has 31 heavy (non-hydrogen) atoms. The summed E-state index contributed by atoms with van der Waals surface area (Å²) in [6.07, 6.45) is 0.779. The first-order valence-electron chi connectivity index (χ1n) is 10.1. The Balaban J connectivity index is 1.53. The molecule has 2 atom stereocenters. The Morgan fingerprint density at radius 3 is 2.29 bits per heavy atom. The maximum atomic E-state index is 12.8. The van der Waals surface area contributed by atoms with Crippen LogP contribution in [0.15, 0.2) is 72.8 Å². The normalized spacial score (nSPS) is 18.3. The van der Waals surface area contributed by atoms with Crippen LogP contribution < -0.4 is 11.1 Å². The van der Waals surface area contributed by atoms with Crippen molar-refractivity contribution in [2.45, 2.75) is 30.8 Å². The molecule has 0 fully saturated rings. The van der Waals surface area contributed by atoms with Gasteiger partial charge >= 0.3 is 5.97 Å². The summed E-state index contributed by atoms with van der Waals surface area (Å²) in [7, 11) is 0. The number of hydrogen-bond donors (Lipinski definition) is 3. The van der Waals surface area contributed by atoms with E-state index in [4.69, 9.17) is 17.3 Å². The number of nitrogens with one attached hydrogen (secondary N) is 1. The molecule has 0 aliphatic heterocycles. The second-order valence-corrected chi connectivity index (χ2v) is 8.45. The fraction of sp³-hybridized carbons (Fsp3) is 0.200. The summed E-state index contributed by atoms with van der Waals surface area (Å²) in [5, 5.41) is 13.4. The zero-order chi connectivity index (χ0) is 22.0. The van der Waals surface area contributed by atoms with Gasteiger partial charge in [-0.15, -0.1) is 0 Å². The van der Waals surface area contributed by atoms with E-state index < -0.39 is 23.5 Å². The van der Waals surface area contributed by atoms with Crippen LogP contribution in [0.5, 0.6) is 0 Å². The van der Waals surface area contributed by atoms with Gasteiger partial charge in [-0.25, -0.2) is 4.79 Å². The number of amides is 1. The van der Waals surface area contributed by atoms with E-state index in [1.807, 2.05) is 72.8 Å². The fourth-order valence-electron chi connectivity index (χ4n) is 4.08. The Morgan fingerprint density at radius 1 is 0.968 bits per heavy atom. The lowest BCUT2D eigenvalue weighted by Gasteiger charge is -2.27. The van der Waals surface area contributed by atoms with Crippen LogP contribution in [0.1, 0.15) is 16.7 Å². The molecule has 0 saturated carbocycles. The Hall–Kier alpha value is -3.15. The van der Waals surface area contributed by atoms with Gasteiger partial charge in [0.05, 0.1) is 6.04 Å². The molecule has 2 unspecified atom stereocenters. The zero-order valence-corrected chi connectivity index (χ0v) is 17.6. The van der Waals surface area contributed by atoms with Gasteiger partial charge in [0.1, 0.15) is 5.54 Å². The number of rotatable bonds is 6. The third kappa shape index (κ3) is 4.48. The molecule has 5 nitrogen and oxygen atoms in total. The van der Waals surface area contributed by atoms with E-state index in [1.165, 1.54) is 0 Å². The highest BCUT2D eigenvalue weighted by molar-refractivity contribution is 6.30. The van der Waals surface area contributed by atoms with Crippen molar-refractivity contribution in [3.05, 3.63) is 94.5 Å². The largest absolute Gasteiger partial charge is 0.479 e. The highest BCUT2D eigenvalue weighted by Gasteiger charge is 2.46. The van der Waals surface area contributed by atoms with E-state index in [1.54, 1.807) is 0 Å². The molecule has 6 heteroatoms. The molecule has 0 radical (unpaired) electrons. The topological polar surface area (TPSA) is 92.4 Å². The molecular formula is C25H23ClN2O3. The highest BCUT2D eigenvalue weighted by atomic mass is 35.5. The molecule has 3 aromatic rings. The second-order valence-electron chi connectivity index (χ2n) is 8.02. The van der Waals surface area contributed by atoms with Crippen molar-refractivity contribution >= 4 is 23.5 Å². The summed E-state index contributed by atoms with van der Waals surface area (Å²) in [5.74, 6) is -1.52. The van der Waals surface area contributed by atoms with Crippen LogP contribution in [0.2, 0.25) is 5.02 Å². The molecule has 3 aromatic carbocycles. The van der Waals surface area contributed by atoms with Crippen LogP contribution in [-0.2, 0) is 28.9 Å². The number of aliphatic carboxylic acids is 1. The van der Waals surface area contributed by atoms with E-state index in [0.717, 1.165) is 27.8 Å². The molecule has 0 heterocycles. The van der Waals surface area contributed by atoms with Gasteiger partial charge in [0, 0.05) is 17.9 Å². The van der Waals surface area contributed by atoms with Crippen LogP contribution in [0.4, 0.5) is 0 Å². The minimum atomic E-state index is -1.40. The van der Waals surface area contributed by atoms with Crippen molar-refractivity contribution in [3.8, 4) is 11.1 Å². The molecule has 0 spiro atoms. The lowest BCUT2D eigenvalue weighted by Crippen LogP contribution is -2.59. The SMILES string of the molecule is NC(Cc1ccccc1)C(=O)NC1(C(=O)O)Cc2ccc(-c3ccc(Cl)cc3)cc2C1. The molecule has 158 valence electrons. The number of fused-ring (bicyclic) bond motifs is 1. The highest BCUT2D eigenvalue weighted by Crippen LogP contribution is 2.34. The predicted octanol–water partition coefficient (Wildman–Crippen LogP) is 3.62. The number of halogens is 1. The second kappa shape index (κ2) is 8.53. The third-order valence-electron chi connectivity index (χ3n) is 5.78. The van der Waals surface area contributed by atoms with Crippen molar-refractivity contribution in [3.63, 3.8) is 0 Å². The van der Waals surface area contributed by atoms with E-state index >= 15 is 0 Å². The average Bonchev–Trinajstić information content (AvgIpc) is 3.13. The molecule has 1 aliphatic rings. The van der Waals surface area contributed by atoms with E-state index in [2.05, 4.69) is 5.32 Å². The fourth-order valence-corrected chi connectivity index (χ4v) is 4.21. The van der Waals surface area contributed by atoms with E-state index in [9.17, 15) is 14.7 Å². The predicted molar refractivity (Wildman–Crippen MR) is 121 cm³/mol. The summed E-state index contributed by atoms with van der Waals surface area (Å²) < 4.78 is 0. The molecule has 1 amide bonds. The quantitative estimate of drug-likeness (QED) is 0.552. The van der Waals surface area contributed by atoms with Crippen molar-refractivity contribution in [2.24, 2.45) is 5.73 Å². The minimum absolute atomic E-state index is 0.211. The number of benzene rings is 3. The van der Waals surface area contributed by atoms with Crippen LogP contribution in [-0.4, -0.2) is 28.6 Å². The van der Waals surface area contributed by atoms with Gasteiger partial charge in [-0.3, -0.25) is 4.79 Å². The minimum Gasteiger partial charge on any atom is -0.479 e. The van der Waals surface area contributed by atoms with Crippen molar-refractivity contribution in [1.82, 2.24) is 5.32 Å². The van der Waals surface area contributed by atoms with Gasteiger partial charge in [-0.05, 0) is 46.4 Å². The summed E-state index contributed by atoms with van der Waals surface area (Å²) in [6, 6.07) is 22.0. The van der Waals surface area contributed by atoms with Gasteiger partial charge in [0.15, 0.2) is 0 Å². The number of carbonyl (C=O) groups excluding carboxylic acids is 1. The Bertz CT molecular complexity index is 1120. The average molecular weight is 435 g/mol. The maximum Gasteiger partial charge on any atom is 0.330 e. The Kier molecular flexibility index (Phi) is 5.81. The summed E-state index contributed by atoms with van der Waals surface area (Å²) in [4.78, 5) is 25.0. The van der Waals surface area contributed by atoms with Crippen molar-refractivity contribution in [1.29, 1.82) is 0 Å². The van der Waals surface area contributed by atoms with Gasteiger partial charge in [0.25, 0.3) is 0 Å². The summed E-state index contributed by atoms with van der Waals surface area (Å²) in [5.41, 5.74) is 9.41. The number of carboxylic acids is 1. The molecule has 0 bridgehead atoms. The number of carbonyl (C=O) groups is 2. The standard InChI is InChI=1S/C25H23ClN2O3/c26-21-10-8-17(9-11-21)18-6-7-19-14-25(24(30)31,15-20(19)13-18)28-23(29)22(27)12-16-4-2-1-3-5-16/h1-11,13,22H,12,14-15,27H2,(H,28,29)(H,30,31). The number of carboxylic acid groups (broad SMARTS) is 1. The van der Waals surface area contributed by atoms with Crippen LogP contribution in [0, 0.1) is 0 Å². The first kappa shape index (κ1) is 21.1. The molecular weight excluding hydrogens is 412 g/mol. The van der Waals surface area contributed by atoms with Gasteiger partial charge in [-0.2, -0.15) is 0 Å². The summed E-state index contributed by atoms with van der Waals surface area (Å²) in [6.45, 7) is 0. The maximum absolute atomic E-state index is 12.8. The van der Waals surface area contributed by atoms with E-state index in [-0.39, 0.29) is 12.8 Å². The first-order chi connectivity index (χ1) is 14.9. The number of nitrogens with two attached hydrogens (primary N) is 1. The number of hydrogen-bond acceptors (Lipinski definition) is 3. The van der Waals surface area contributed by atoms with Gasteiger partial charge in [-0.1, -0.05) is 72.3 Å². The molecule has 0 aromatic heterocycles. The first-order valence-corrected chi connectivity index (χ1v) is 10.5. The van der Waals surface area contributed by atoms with Crippen molar-refractivity contribution in [2.75, 3.05) is 0 Å². The van der Waals surface area contributed by atoms with E-state index in [0.29, 0.717) is 11.4 Å². The summed E-state index contributed by atoms with van der Waals surface area (Å²) >= 11 is 5.97. The molecule has 0 saturated heterocycles. The monoisotopic (exact) mass is 434 g/mol. The lowest BCUT2D eigenvalue weighted by atomic mass is 9.94. The Morgan fingerprint density at radius 2 is 1.61 bits per heavy atom. The zero-order valence-electron chi connectivity index (χ0n) is 16.8. The van der Waals surface area contributed by atoms with Crippen LogP contribution in [0.3, 0.4) is 0 Å². The lowest BCUT2D eigenvalue weighted by molar-refractivity contribution is -0.147.